The smallest absolute Gasteiger partial charge is 0.271 e. The van der Waals surface area contributed by atoms with E-state index >= 15 is 0 Å². The Labute approximate surface area is 116 Å². The number of nitrogens with two attached hydrogens (primary N) is 1. The summed E-state index contributed by atoms with van der Waals surface area (Å²) in [5, 5.41) is 13.1. The minimum absolute atomic E-state index is 0.0256. The van der Waals surface area contributed by atoms with E-state index in [9.17, 15) is 19.1 Å². The number of nitrogens with one attached hydrogen (secondary N) is 1. The van der Waals surface area contributed by atoms with Crippen LogP contribution < -0.4 is 11.1 Å². The third-order valence-corrected chi connectivity index (χ3v) is 3.34. The normalized spacial score (nSPS) is 11.9. The highest BCUT2D eigenvalue weighted by Gasteiger charge is 2.18. The summed E-state index contributed by atoms with van der Waals surface area (Å²) in [7, 11) is -1.04. The molecular formula is C10H12ClN3O4S. The fourth-order valence-electron chi connectivity index (χ4n) is 1.30. The van der Waals surface area contributed by atoms with E-state index < -0.39 is 21.6 Å². The summed E-state index contributed by atoms with van der Waals surface area (Å²) in [6.07, 6.45) is 1.50. The number of carbonyl (C=O) groups is 1. The highest BCUT2D eigenvalue weighted by Crippen LogP contribution is 2.28. The monoisotopic (exact) mass is 305 g/mol. The standard InChI is InChI=1S/C10H12ClN3O4S/c1-19(18)3-2-13-10(15)7-4-6(14(16)17)5-8(11)9(7)12/h4-5H,2-3,12H2,1H3,(H,13,15). The summed E-state index contributed by atoms with van der Waals surface area (Å²) >= 11 is 5.73. The van der Waals surface area contributed by atoms with E-state index in [1.807, 2.05) is 0 Å². The molecule has 0 bridgehead atoms. The summed E-state index contributed by atoms with van der Waals surface area (Å²) in [6.45, 7) is 0.182. The second-order valence-electron chi connectivity index (χ2n) is 3.68. The van der Waals surface area contributed by atoms with Crippen LogP contribution in [-0.4, -0.2) is 33.6 Å². The van der Waals surface area contributed by atoms with Gasteiger partial charge in [0.15, 0.2) is 0 Å². The lowest BCUT2D eigenvalue weighted by molar-refractivity contribution is -0.384. The molecule has 1 amide bonds. The van der Waals surface area contributed by atoms with E-state index in [1.54, 1.807) is 0 Å². The lowest BCUT2D eigenvalue weighted by atomic mass is 10.1. The number of halogens is 1. The van der Waals surface area contributed by atoms with Crippen LogP contribution in [-0.2, 0) is 10.8 Å². The van der Waals surface area contributed by atoms with Gasteiger partial charge in [-0.3, -0.25) is 19.1 Å². The number of non-ortho nitro benzene ring substituents is 1. The van der Waals surface area contributed by atoms with Crippen molar-refractivity contribution >= 4 is 39.7 Å². The van der Waals surface area contributed by atoms with Crippen LogP contribution in [0.15, 0.2) is 12.1 Å². The molecule has 1 aromatic carbocycles. The Morgan fingerprint density at radius 2 is 2.21 bits per heavy atom. The summed E-state index contributed by atoms with van der Waals surface area (Å²) in [4.78, 5) is 21.8. The number of amides is 1. The average Bonchev–Trinajstić information content (AvgIpc) is 2.31. The zero-order chi connectivity index (χ0) is 14.6. The number of nitrogen functional groups attached to an aromatic ring is 1. The molecule has 0 aliphatic carbocycles. The molecule has 0 aliphatic rings. The number of benzene rings is 1. The molecule has 0 spiro atoms. The van der Waals surface area contributed by atoms with Gasteiger partial charge in [0.1, 0.15) is 0 Å². The number of rotatable bonds is 5. The fourth-order valence-corrected chi connectivity index (χ4v) is 1.90. The Balaban J connectivity index is 2.95. The van der Waals surface area contributed by atoms with Gasteiger partial charge in [0.25, 0.3) is 11.6 Å². The minimum Gasteiger partial charge on any atom is -0.397 e. The van der Waals surface area contributed by atoms with Crippen LogP contribution in [0.3, 0.4) is 0 Å². The number of hydrogen-bond donors (Lipinski definition) is 2. The topological polar surface area (TPSA) is 115 Å². The second kappa shape index (κ2) is 6.48. The Morgan fingerprint density at radius 3 is 2.74 bits per heavy atom. The third-order valence-electron chi connectivity index (χ3n) is 2.24. The van der Waals surface area contributed by atoms with E-state index in [-0.39, 0.29) is 34.3 Å². The van der Waals surface area contributed by atoms with E-state index in [2.05, 4.69) is 5.32 Å². The van der Waals surface area contributed by atoms with Gasteiger partial charge in [-0.25, -0.2) is 0 Å². The SMILES string of the molecule is CS(=O)CCNC(=O)c1cc([N+](=O)[O-])cc(Cl)c1N. The van der Waals surface area contributed by atoms with Crippen LogP contribution in [0.5, 0.6) is 0 Å². The number of carbonyl (C=O) groups excluding carboxylic acids is 1. The predicted octanol–water partition coefficient (Wildman–Crippen LogP) is 0.939. The van der Waals surface area contributed by atoms with Crippen LogP contribution in [0.2, 0.25) is 5.02 Å². The first-order chi connectivity index (χ1) is 8.82. The molecule has 104 valence electrons. The Hall–Kier alpha value is -1.67. The van der Waals surface area contributed by atoms with Crippen molar-refractivity contribution in [2.24, 2.45) is 0 Å². The molecule has 0 aromatic heterocycles. The van der Waals surface area contributed by atoms with Crippen molar-refractivity contribution in [2.45, 2.75) is 0 Å². The lowest BCUT2D eigenvalue weighted by Crippen LogP contribution is -2.28. The van der Waals surface area contributed by atoms with Crippen molar-refractivity contribution in [3.63, 3.8) is 0 Å². The first-order valence-electron chi connectivity index (χ1n) is 5.14. The van der Waals surface area contributed by atoms with Crippen LogP contribution in [0.4, 0.5) is 11.4 Å². The third kappa shape index (κ3) is 4.18. The van der Waals surface area contributed by atoms with E-state index in [0.29, 0.717) is 0 Å². The molecule has 0 heterocycles. The van der Waals surface area contributed by atoms with Gasteiger partial charge >= 0.3 is 0 Å². The van der Waals surface area contributed by atoms with Crippen LogP contribution in [0.1, 0.15) is 10.4 Å². The largest absolute Gasteiger partial charge is 0.397 e. The van der Waals surface area contributed by atoms with Gasteiger partial charge in [0.05, 0.1) is 21.2 Å². The molecule has 9 heteroatoms. The van der Waals surface area contributed by atoms with E-state index in [1.165, 1.54) is 6.26 Å². The lowest BCUT2D eigenvalue weighted by Gasteiger charge is -2.08. The number of hydrogen-bond acceptors (Lipinski definition) is 5. The van der Waals surface area contributed by atoms with Crippen LogP contribution in [0.25, 0.3) is 0 Å². The molecule has 0 fully saturated rings. The molecule has 1 atom stereocenters. The van der Waals surface area contributed by atoms with Crippen molar-refractivity contribution < 1.29 is 13.9 Å². The molecule has 3 N–H and O–H groups in total. The Kier molecular flexibility index (Phi) is 5.25. The maximum absolute atomic E-state index is 11.8. The van der Waals surface area contributed by atoms with Crippen LogP contribution in [0, 0.1) is 10.1 Å². The molecule has 7 nitrogen and oxygen atoms in total. The molecular weight excluding hydrogens is 294 g/mol. The number of nitrogens with zero attached hydrogens (tertiary/aromatic N) is 1. The van der Waals surface area contributed by atoms with Gasteiger partial charge in [-0.1, -0.05) is 11.6 Å². The van der Waals surface area contributed by atoms with Crippen molar-refractivity contribution in [3.8, 4) is 0 Å². The maximum Gasteiger partial charge on any atom is 0.271 e. The fraction of sp³-hybridized carbons (Fsp3) is 0.300. The van der Waals surface area contributed by atoms with Gasteiger partial charge < -0.3 is 11.1 Å². The summed E-state index contributed by atoms with van der Waals surface area (Å²) in [5.74, 6) is -0.303. The first kappa shape index (κ1) is 15.4. The number of anilines is 1. The number of nitro groups is 1. The first-order valence-corrected chi connectivity index (χ1v) is 7.25. The Morgan fingerprint density at radius 1 is 1.58 bits per heavy atom. The molecule has 1 aromatic rings. The average molecular weight is 306 g/mol. The van der Waals surface area contributed by atoms with Crippen LogP contribution >= 0.6 is 11.6 Å². The molecule has 1 rings (SSSR count). The molecule has 1 unspecified atom stereocenters. The van der Waals surface area contributed by atoms with Crippen molar-refractivity contribution in [2.75, 3.05) is 24.3 Å². The van der Waals surface area contributed by atoms with Gasteiger partial charge in [0.2, 0.25) is 0 Å². The number of nitro benzene ring substituents is 1. The molecule has 0 aliphatic heterocycles. The predicted molar refractivity (Wildman–Crippen MR) is 73.8 cm³/mol. The van der Waals surface area contributed by atoms with Gasteiger partial charge in [0, 0.05) is 41.5 Å². The van der Waals surface area contributed by atoms with Crippen molar-refractivity contribution in [3.05, 3.63) is 32.8 Å². The van der Waals surface area contributed by atoms with Gasteiger partial charge in [-0.2, -0.15) is 0 Å². The summed E-state index contributed by atoms with van der Waals surface area (Å²) in [5.41, 5.74) is 5.20. The van der Waals surface area contributed by atoms with Crippen molar-refractivity contribution in [1.29, 1.82) is 0 Å². The summed E-state index contributed by atoms with van der Waals surface area (Å²) in [6, 6.07) is 2.13. The molecule has 0 saturated heterocycles. The van der Waals surface area contributed by atoms with E-state index in [0.717, 1.165) is 12.1 Å². The zero-order valence-electron chi connectivity index (χ0n) is 10.0. The van der Waals surface area contributed by atoms with Gasteiger partial charge in [-0.05, 0) is 0 Å². The zero-order valence-corrected chi connectivity index (χ0v) is 11.6. The molecule has 0 radical (unpaired) electrons. The molecule has 19 heavy (non-hydrogen) atoms. The van der Waals surface area contributed by atoms with Crippen molar-refractivity contribution in [1.82, 2.24) is 5.32 Å². The minimum atomic E-state index is -1.04. The second-order valence-corrected chi connectivity index (χ2v) is 5.64. The van der Waals surface area contributed by atoms with E-state index in [4.69, 9.17) is 17.3 Å². The maximum atomic E-state index is 11.8. The Bertz CT molecular complexity index is 550. The van der Waals surface area contributed by atoms with Gasteiger partial charge in [-0.15, -0.1) is 0 Å². The quantitative estimate of drug-likeness (QED) is 0.477. The highest BCUT2D eigenvalue weighted by atomic mass is 35.5. The summed E-state index contributed by atoms with van der Waals surface area (Å²) < 4.78 is 10.9. The molecule has 0 saturated carbocycles. The highest BCUT2D eigenvalue weighted by molar-refractivity contribution is 7.84.